The molecule has 0 amide bonds. The Morgan fingerprint density at radius 1 is 0.809 bits per heavy atom. The third-order valence-electron chi connectivity index (χ3n) is 10.2. The van der Waals surface area contributed by atoms with Gasteiger partial charge in [-0.15, -0.1) is 0 Å². The minimum absolute atomic E-state index is 0.458. The Hall–Kier alpha value is -5.40. The molecule has 0 N–H and O–H groups in total. The highest BCUT2D eigenvalue weighted by atomic mass is 15.2. The van der Waals surface area contributed by atoms with E-state index >= 15 is 0 Å². The standard InChI is InChI=1S/C46H39N/c1-33-29-42(31-37-25-28-45(37)46(33,39-20-5-3-6-21-39)40-22-7-4-8-23-40)47(34(2)15-9-10-16-35-17-11-12-18-35)41-26-27-44-38(32-41)30-36-19-13-14-24-43(36)44/h3-15,17,19-29,32H,1,16,18,30-31H2,2H3/b10-9-,34-15+. The van der Waals surface area contributed by atoms with Crippen LogP contribution < -0.4 is 4.90 Å². The maximum Gasteiger partial charge on any atom is 0.0699 e. The Bertz CT molecular complexity index is 2050. The summed E-state index contributed by atoms with van der Waals surface area (Å²) in [6, 6.07) is 37.7. The fourth-order valence-corrected chi connectivity index (χ4v) is 7.91. The maximum atomic E-state index is 4.87. The van der Waals surface area contributed by atoms with Crippen LogP contribution >= 0.6 is 0 Å². The second-order valence-electron chi connectivity index (χ2n) is 13.0. The predicted octanol–water partition coefficient (Wildman–Crippen LogP) is 11.5. The molecule has 0 atom stereocenters. The predicted molar refractivity (Wildman–Crippen MR) is 198 cm³/mol. The molecule has 0 aliphatic heterocycles. The molecule has 0 unspecified atom stereocenters. The van der Waals surface area contributed by atoms with Gasteiger partial charge in [-0.25, -0.2) is 0 Å². The quantitative estimate of drug-likeness (QED) is 0.159. The van der Waals surface area contributed by atoms with Crippen molar-refractivity contribution < 1.29 is 0 Å². The topological polar surface area (TPSA) is 3.24 Å². The fraction of sp³-hybridized carbons (Fsp3) is 0.130. The molecule has 0 spiro atoms. The SMILES string of the molecule is C=C1C=C(N(/C(C)=C/C=C\CC2=CC=CC2)c2ccc3c(c2)Cc2ccccc2-3)CC2=C(C=C2)C1(c1ccccc1)c1ccccc1. The van der Waals surface area contributed by atoms with Crippen LogP contribution in [0.4, 0.5) is 5.69 Å². The number of fused-ring (bicyclic) bond motifs is 3. The zero-order valence-electron chi connectivity index (χ0n) is 27.0. The molecule has 0 fully saturated rings. The van der Waals surface area contributed by atoms with Crippen LogP contribution in [-0.4, -0.2) is 0 Å². The smallest absolute Gasteiger partial charge is 0.0699 e. The summed E-state index contributed by atoms with van der Waals surface area (Å²) < 4.78 is 0. The Morgan fingerprint density at radius 2 is 1.53 bits per heavy atom. The van der Waals surface area contributed by atoms with Crippen LogP contribution in [-0.2, 0) is 11.8 Å². The average molecular weight is 606 g/mol. The molecule has 0 heterocycles. The van der Waals surface area contributed by atoms with Crippen LogP contribution in [0.5, 0.6) is 0 Å². The van der Waals surface area contributed by atoms with E-state index in [1.165, 1.54) is 67.2 Å². The van der Waals surface area contributed by atoms with Gasteiger partial charge in [-0.3, -0.25) is 0 Å². The van der Waals surface area contributed by atoms with Crippen LogP contribution in [0.1, 0.15) is 48.4 Å². The van der Waals surface area contributed by atoms with Crippen molar-refractivity contribution in [1.29, 1.82) is 0 Å². The van der Waals surface area contributed by atoms with Crippen LogP contribution in [0.15, 0.2) is 198 Å². The molecule has 4 aromatic rings. The van der Waals surface area contributed by atoms with Gasteiger partial charge in [0.25, 0.3) is 0 Å². The Labute approximate surface area is 279 Å². The molecule has 47 heavy (non-hydrogen) atoms. The number of hydrogen-bond acceptors (Lipinski definition) is 1. The lowest BCUT2D eigenvalue weighted by molar-refractivity contribution is 0.733. The van der Waals surface area contributed by atoms with Gasteiger partial charge >= 0.3 is 0 Å². The van der Waals surface area contributed by atoms with Gasteiger partial charge in [0.1, 0.15) is 0 Å². The first-order valence-corrected chi connectivity index (χ1v) is 16.7. The average Bonchev–Trinajstić information content (AvgIpc) is 3.74. The van der Waals surface area contributed by atoms with Gasteiger partial charge < -0.3 is 4.90 Å². The van der Waals surface area contributed by atoms with Gasteiger partial charge in [-0.2, -0.15) is 0 Å². The van der Waals surface area contributed by atoms with Crippen LogP contribution in [0.25, 0.3) is 11.1 Å². The van der Waals surface area contributed by atoms with Gasteiger partial charge in [0.2, 0.25) is 0 Å². The number of anilines is 1. The number of hydrogen-bond donors (Lipinski definition) is 0. The second-order valence-corrected chi connectivity index (χ2v) is 13.0. The summed E-state index contributed by atoms with van der Waals surface area (Å²) in [5.74, 6) is 0. The van der Waals surface area contributed by atoms with Gasteiger partial charge in [0.05, 0.1) is 5.41 Å². The van der Waals surface area contributed by atoms with Crippen molar-refractivity contribution in [3.63, 3.8) is 0 Å². The number of benzene rings is 4. The van der Waals surface area contributed by atoms with Crippen molar-refractivity contribution in [1.82, 2.24) is 0 Å². The third-order valence-corrected chi connectivity index (χ3v) is 10.2. The van der Waals surface area contributed by atoms with Crippen LogP contribution in [0, 0.1) is 0 Å². The molecule has 0 saturated heterocycles. The fourth-order valence-electron chi connectivity index (χ4n) is 7.91. The maximum absolute atomic E-state index is 4.87. The van der Waals surface area contributed by atoms with E-state index in [4.69, 9.17) is 6.58 Å². The van der Waals surface area contributed by atoms with E-state index in [1.807, 2.05) is 0 Å². The number of rotatable bonds is 8. The largest absolute Gasteiger partial charge is 0.318 e. The second kappa shape index (κ2) is 12.1. The molecule has 4 aromatic carbocycles. The molecule has 0 saturated carbocycles. The third kappa shape index (κ3) is 5.04. The lowest BCUT2D eigenvalue weighted by Gasteiger charge is -2.40. The van der Waals surface area contributed by atoms with E-state index < -0.39 is 5.41 Å². The first kappa shape index (κ1) is 29.0. The van der Waals surface area contributed by atoms with Gasteiger partial charge in [0, 0.05) is 23.5 Å². The highest BCUT2D eigenvalue weighted by Crippen LogP contribution is 2.53. The molecule has 0 radical (unpaired) electrons. The first-order valence-electron chi connectivity index (χ1n) is 16.7. The first-order chi connectivity index (χ1) is 23.1. The highest BCUT2D eigenvalue weighted by Gasteiger charge is 2.44. The van der Waals surface area contributed by atoms with Crippen molar-refractivity contribution in [3.05, 3.63) is 220 Å². The number of nitrogens with zero attached hydrogens (tertiary/aromatic N) is 1. The molecule has 1 heteroatoms. The summed E-state index contributed by atoms with van der Waals surface area (Å²) in [4.78, 5) is 2.47. The van der Waals surface area contributed by atoms with Crippen molar-refractivity contribution in [2.75, 3.05) is 4.90 Å². The summed E-state index contributed by atoms with van der Waals surface area (Å²) in [5.41, 5.74) is 16.4. The van der Waals surface area contributed by atoms with Crippen molar-refractivity contribution in [3.8, 4) is 11.1 Å². The Balaban J connectivity index is 1.25. The minimum Gasteiger partial charge on any atom is -0.318 e. The summed E-state index contributed by atoms with van der Waals surface area (Å²) in [7, 11) is 0. The zero-order chi connectivity index (χ0) is 31.8. The molecular weight excluding hydrogens is 567 g/mol. The molecule has 4 aliphatic carbocycles. The van der Waals surface area contributed by atoms with Crippen LogP contribution in [0.2, 0.25) is 0 Å². The highest BCUT2D eigenvalue weighted by molar-refractivity contribution is 5.80. The number of allylic oxidation sites excluding steroid dienone is 14. The van der Waals surface area contributed by atoms with Gasteiger partial charge in [0.15, 0.2) is 0 Å². The van der Waals surface area contributed by atoms with Crippen LogP contribution in [0.3, 0.4) is 0 Å². The van der Waals surface area contributed by atoms with E-state index in [-0.39, 0.29) is 0 Å². The summed E-state index contributed by atoms with van der Waals surface area (Å²) in [6.07, 6.45) is 24.2. The molecule has 4 aliphatic rings. The molecule has 8 rings (SSSR count). The van der Waals surface area contributed by atoms with E-state index in [0.717, 1.165) is 31.3 Å². The normalized spacial score (nSPS) is 17.6. The summed E-state index contributed by atoms with van der Waals surface area (Å²) in [6.45, 7) is 7.11. The Kier molecular flexibility index (Phi) is 7.46. The summed E-state index contributed by atoms with van der Waals surface area (Å²) in [5, 5.41) is 0. The molecule has 0 aromatic heterocycles. The van der Waals surface area contributed by atoms with E-state index in [9.17, 15) is 0 Å². The van der Waals surface area contributed by atoms with Gasteiger partial charge in [-0.1, -0.05) is 146 Å². The molecule has 1 nitrogen and oxygen atoms in total. The van der Waals surface area contributed by atoms with Crippen molar-refractivity contribution in [2.45, 2.75) is 38.0 Å². The van der Waals surface area contributed by atoms with Crippen molar-refractivity contribution in [2.24, 2.45) is 0 Å². The molecule has 0 bridgehead atoms. The lowest BCUT2D eigenvalue weighted by Crippen LogP contribution is -2.33. The monoisotopic (exact) mass is 605 g/mol. The van der Waals surface area contributed by atoms with E-state index in [2.05, 4.69) is 170 Å². The lowest BCUT2D eigenvalue weighted by atomic mass is 9.62. The van der Waals surface area contributed by atoms with E-state index in [1.54, 1.807) is 0 Å². The minimum atomic E-state index is -0.458. The molecule has 228 valence electrons. The Morgan fingerprint density at radius 3 is 2.23 bits per heavy atom. The van der Waals surface area contributed by atoms with E-state index in [0.29, 0.717) is 0 Å². The zero-order valence-corrected chi connectivity index (χ0v) is 27.0. The van der Waals surface area contributed by atoms with Crippen molar-refractivity contribution >= 4 is 5.69 Å². The van der Waals surface area contributed by atoms with Gasteiger partial charge in [-0.05, 0) is 101 Å². The summed E-state index contributed by atoms with van der Waals surface area (Å²) >= 11 is 0. The molecular formula is C46H39N.